The van der Waals surface area contributed by atoms with Crippen molar-refractivity contribution in [2.75, 3.05) is 75.9 Å². The molecule has 0 unspecified atom stereocenters. The van der Waals surface area contributed by atoms with Crippen LogP contribution in [0.1, 0.15) is 106 Å². The number of nitrogens with two attached hydrogens (primary N) is 6. The molecule has 29 nitrogen and oxygen atoms in total. The quantitative estimate of drug-likeness (QED) is 0.0174. The average Bonchev–Trinajstić information content (AvgIpc) is 3.66. The van der Waals surface area contributed by atoms with E-state index in [0.717, 1.165) is 0 Å². The lowest BCUT2D eigenvalue weighted by molar-refractivity contribution is -0.118. The highest BCUT2D eigenvalue weighted by Crippen LogP contribution is 2.28. The second-order valence-electron chi connectivity index (χ2n) is 19.2. The summed E-state index contributed by atoms with van der Waals surface area (Å²) >= 11 is 0. The number of methoxy groups -OCH3 is 4. The summed E-state index contributed by atoms with van der Waals surface area (Å²) in [6.07, 6.45) is 3.17. The Hall–Kier alpha value is -9.74. The van der Waals surface area contributed by atoms with Crippen LogP contribution in [0.25, 0.3) is 0 Å². The molecule has 0 radical (unpaired) electrons. The molecule has 29 heteroatoms. The fourth-order valence-electron chi connectivity index (χ4n) is 8.50. The van der Waals surface area contributed by atoms with Crippen LogP contribution in [-0.4, -0.2) is 138 Å². The molecular weight excluding hydrogens is 1100 g/mol. The van der Waals surface area contributed by atoms with E-state index in [9.17, 15) is 38.4 Å². The summed E-state index contributed by atoms with van der Waals surface area (Å²) in [4.78, 5) is 109. The number of primary amides is 1. The van der Waals surface area contributed by atoms with Crippen molar-refractivity contribution in [1.29, 1.82) is 10.8 Å². The molecule has 4 rings (SSSR count). The molecule has 4 aromatic rings. The standard InChI is InChI=1S/C56H79N17O12/c1-82-43-19-15-31(27-35(43)47(60)74)68-52(79)40(12-5-7-23-57)71-49(76)37-30-34(18-22-45(37)84-3)70-54(81)42(14-10-26-66-56(63)64)73-50(77)38-29-33(17-21-46(38)85-4)69-53(80)41(13-6-8-24-58)72-48(75)36-28-32(16-20-44(36)83-2)67-51(78)39(59)11-9-25-65-55(61)62/h15-22,27-30,39-42H,5-14,23-26,57-59H2,1-4H3,(H2,60,74)(H,67,78)(H,68,79)(H,69,80)(H,70,81)(H,71,76)(H,72,75)(H,73,77)(H4,61,62,65)(H4,63,64,66)/t39-,40-,41-,42-/m1/s1. The minimum atomic E-state index is -1.28. The molecule has 8 amide bonds. The van der Waals surface area contributed by atoms with Gasteiger partial charge in [0.1, 0.15) is 41.1 Å². The number of amides is 8. The van der Waals surface area contributed by atoms with Gasteiger partial charge in [0.15, 0.2) is 11.9 Å². The van der Waals surface area contributed by atoms with Crippen LogP contribution in [0.15, 0.2) is 72.8 Å². The summed E-state index contributed by atoms with van der Waals surface area (Å²) in [7, 11) is 5.36. The number of guanidine groups is 2. The molecule has 85 heavy (non-hydrogen) atoms. The molecule has 0 spiro atoms. The van der Waals surface area contributed by atoms with Crippen molar-refractivity contribution in [1.82, 2.24) is 26.6 Å². The number of hydrogen-bond acceptors (Lipinski definition) is 17. The molecule has 0 fully saturated rings. The average molecular weight is 1180 g/mol. The van der Waals surface area contributed by atoms with Gasteiger partial charge < -0.3 is 101 Å². The molecular formula is C56H79N17O12. The lowest BCUT2D eigenvalue weighted by atomic mass is 10.1. The molecule has 0 aliphatic rings. The van der Waals surface area contributed by atoms with Gasteiger partial charge in [-0.2, -0.15) is 0 Å². The van der Waals surface area contributed by atoms with Gasteiger partial charge in [-0.15, -0.1) is 0 Å². The van der Waals surface area contributed by atoms with E-state index >= 15 is 0 Å². The number of unbranched alkanes of at least 4 members (excludes halogenated alkanes) is 2. The summed E-state index contributed by atoms with van der Waals surface area (Å²) in [5.41, 5.74) is 34.4. The van der Waals surface area contributed by atoms with Crippen LogP contribution in [0.5, 0.6) is 23.0 Å². The third-order valence-electron chi connectivity index (χ3n) is 13.0. The van der Waals surface area contributed by atoms with Gasteiger partial charge in [-0.25, -0.2) is 0 Å². The predicted octanol–water partition coefficient (Wildman–Crippen LogP) is 1.08. The van der Waals surface area contributed by atoms with E-state index in [4.69, 9.17) is 64.2 Å². The number of hydrogen-bond donors (Lipinski definition) is 17. The van der Waals surface area contributed by atoms with Crippen molar-refractivity contribution in [3.05, 3.63) is 95.1 Å². The van der Waals surface area contributed by atoms with E-state index in [1.165, 1.54) is 101 Å². The van der Waals surface area contributed by atoms with Gasteiger partial charge in [0.05, 0.1) is 56.7 Å². The van der Waals surface area contributed by atoms with Crippen LogP contribution in [-0.2, 0) is 19.2 Å². The topological polar surface area (TPSA) is 486 Å². The number of nitrogens with one attached hydrogen (secondary N) is 11. The zero-order chi connectivity index (χ0) is 62.6. The third kappa shape index (κ3) is 21.5. The second-order valence-corrected chi connectivity index (χ2v) is 19.2. The number of rotatable bonds is 35. The highest BCUT2D eigenvalue weighted by molar-refractivity contribution is 6.07. The maximum absolute atomic E-state index is 14.3. The zero-order valence-corrected chi connectivity index (χ0v) is 48.0. The minimum Gasteiger partial charge on any atom is -0.496 e. The molecule has 0 saturated heterocycles. The summed E-state index contributed by atoms with van der Waals surface area (Å²) in [6.45, 7) is 1.12. The summed E-state index contributed by atoms with van der Waals surface area (Å²) in [5, 5.41) is 39.3. The van der Waals surface area contributed by atoms with Gasteiger partial charge in [-0.1, -0.05) is 0 Å². The Bertz CT molecular complexity index is 3020. The van der Waals surface area contributed by atoms with Gasteiger partial charge in [-0.3, -0.25) is 49.2 Å². The first-order chi connectivity index (χ1) is 40.7. The SMILES string of the molecule is COc1ccc(NC(=O)[C@@H](CCCCN)NC(=O)c2cc(NC(=O)[C@@H](CCCNC(=N)N)NC(=O)c3cc(NC(=O)[C@@H](CCCCN)NC(=O)c4cc(NC(=O)[C@H](N)CCCNC(=N)N)ccc4OC)ccc3OC)ccc2OC)cc1C(N)=O. The number of carbonyl (C=O) groups is 8. The predicted molar refractivity (Wildman–Crippen MR) is 321 cm³/mol. The molecule has 0 aliphatic carbocycles. The molecule has 0 heterocycles. The molecule has 0 aromatic heterocycles. The summed E-state index contributed by atoms with van der Waals surface area (Å²) in [6, 6.07) is 12.6. The monoisotopic (exact) mass is 1180 g/mol. The Balaban J connectivity index is 1.57. The maximum atomic E-state index is 14.3. The van der Waals surface area contributed by atoms with E-state index in [1.54, 1.807) is 0 Å². The van der Waals surface area contributed by atoms with Crippen LogP contribution in [0.3, 0.4) is 0 Å². The minimum absolute atomic E-state index is 0.00626. The van der Waals surface area contributed by atoms with E-state index in [1.807, 2.05) is 0 Å². The number of ether oxygens (including phenoxy) is 4. The Morgan fingerprint density at radius 1 is 0.424 bits per heavy atom. The Morgan fingerprint density at radius 3 is 1.02 bits per heavy atom. The Labute approximate surface area is 491 Å². The Morgan fingerprint density at radius 2 is 0.718 bits per heavy atom. The van der Waals surface area contributed by atoms with Crippen LogP contribution in [0.2, 0.25) is 0 Å². The second kappa shape index (κ2) is 34.6. The number of benzene rings is 4. The van der Waals surface area contributed by atoms with Crippen molar-refractivity contribution in [2.45, 2.75) is 88.4 Å². The van der Waals surface area contributed by atoms with Crippen molar-refractivity contribution < 1.29 is 57.3 Å². The first-order valence-electron chi connectivity index (χ1n) is 27.2. The maximum Gasteiger partial charge on any atom is 0.255 e. The van der Waals surface area contributed by atoms with Crippen LogP contribution >= 0.6 is 0 Å². The van der Waals surface area contributed by atoms with Gasteiger partial charge in [0, 0.05) is 35.8 Å². The normalized spacial score (nSPS) is 12.1. The van der Waals surface area contributed by atoms with Crippen LogP contribution in [0, 0.1) is 10.8 Å². The zero-order valence-electron chi connectivity index (χ0n) is 48.0. The smallest absolute Gasteiger partial charge is 0.255 e. The summed E-state index contributed by atoms with van der Waals surface area (Å²) in [5.74, 6) is -5.66. The highest BCUT2D eigenvalue weighted by atomic mass is 16.5. The molecule has 0 aliphatic heterocycles. The third-order valence-corrected chi connectivity index (χ3v) is 13.0. The fraction of sp³-hybridized carbons (Fsp3) is 0.393. The van der Waals surface area contributed by atoms with Gasteiger partial charge >= 0.3 is 0 Å². The van der Waals surface area contributed by atoms with Crippen molar-refractivity contribution in [2.24, 2.45) is 34.4 Å². The van der Waals surface area contributed by atoms with E-state index in [0.29, 0.717) is 51.7 Å². The van der Waals surface area contributed by atoms with Gasteiger partial charge in [0.25, 0.3) is 23.6 Å². The van der Waals surface area contributed by atoms with Gasteiger partial charge in [-0.05, 0) is 150 Å². The lowest BCUT2D eigenvalue weighted by Gasteiger charge is -2.22. The number of carbonyl (C=O) groups excluding carboxylic acids is 8. The number of anilines is 4. The summed E-state index contributed by atoms with van der Waals surface area (Å²) < 4.78 is 21.7. The van der Waals surface area contributed by atoms with E-state index in [-0.39, 0.29) is 119 Å². The van der Waals surface area contributed by atoms with Crippen LogP contribution in [0.4, 0.5) is 22.7 Å². The molecule has 460 valence electrons. The largest absolute Gasteiger partial charge is 0.496 e. The first-order valence-corrected chi connectivity index (χ1v) is 27.2. The molecule has 4 aromatic carbocycles. The van der Waals surface area contributed by atoms with Gasteiger partial charge in [0.2, 0.25) is 23.6 Å². The fourth-order valence-corrected chi connectivity index (χ4v) is 8.50. The van der Waals surface area contributed by atoms with Crippen LogP contribution < -0.4 is 101 Å². The highest BCUT2D eigenvalue weighted by Gasteiger charge is 2.29. The molecule has 0 saturated carbocycles. The Kier molecular flexibility index (Phi) is 27.6. The molecule has 23 N–H and O–H groups in total. The lowest BCUT2D eigenvalue weighted by Crippen LogP contribution is -2.45. The van der Waals surface area contributed by atoms with E-state index < -0.39 is 71.4 Å². The van der Waals surface area contributed by atoms with Crippen molar-refractivity contribution in [3.8, 4) is 23.0 Å². The van der Waals surface area contributed by atoms with E-state index in [2.05, 4.69) is 47.9 Å². The first kappa shape index (κ1) is 67.8. The van der Waals surface area contributed by atoms with Crippen molar-refractivity contribution in [3.63, 3.8) is 0 Å². The molecule has 0 bridgehead atoms. The van der Waals surface area contributed by atoms with Crippen molar-refractivity contribution >= 4 is 81.9 Å². The molecule has 4 atom stereocenters.